The summed E-state index contributed by atoms with van der Waals surface area (Å²) in [5.41, 5.74) is 1.84. The summed E-state index contributed by atoms with van der Waals surface area (Å²) < 4.78 is 39.3. The van der Waals surface area contributed by atoms with E-state index in [-0.39, 0.29) is 11.5 Å². The molecule has 156 valence electrons. The third kappa shape index (κ3) is 4.43. The number of carbonyl (C=O) groups excluding carboxylic acids is 1. The first kappa shape index (κ1) is 20.3. The van der Waals surface area contributed by atoms with Crippen LogP contribution in [0.1, 0.15) is 15.9 Å². The molecule has 1 aromatic heterocycles. The lowest BCUT2D eigenvalue weighted by Gasteiger charge is -2.26. The van der Waals surface area contributed by atoms with E-state index in [1.165, 1.54) is 4.31 Å². The molecule has 0 unspecified atom stereocenters. The highest BCUT2D eigenvalue weighted by Gasteiger charge is 2.26. The molecular formula is C21H21N3O5S. The van der Waals surface area contributed by atoms with Gasteiger partial charge in [-0.1, -0.05) is 12.1 Å². The summed E-state index contributed by atoms with van der Waals surface area (Å²) in [6, 6.07) is 15.2. The maximum absolute atomic E-state index is 12.8. The Kier molecular flexibility index (Phi) is 5.93. The minimum atomic E-state index is -3.60. The van der Waals surface area contributed by atoms with Crippen LogP contribution < -0.4 is 0 Å². The molecule has 2 aromatic carbocycles. The maximum atomic E-state index is 12.8. The highest BCUT2D eigenvalue weighted by molar-refractivity contribution is 7.89. The molecule has 0 aliphatic carbocycles. The molecule has 1 aliphatic heterocycles. The van der Waals surface area contributed by atoms with Crippen molar-refractivity contribution in [3.8, 4) is 5.69 Å². The fraction of sp³-hybridized carbons (Fsp3) is 0.238. The molecule has 2 heterocycles. The number of esters is 1. The van der Waals surface area contributed by atoms with Crippen LogP contribution in [-0.4, -0.2) is 54.8 Å². The van der Waals surface area contributed by atoms with E-state index in [1.54, 1.807) is 59.4 Å². The van der Waals surface area contributed by atoms with Gasteiger partial charge in [-0.15, -0.1) is 0 Å². The second kappa shape index (κ2) is 8.78. The summed E-state index contributed by atoms with van der Waals surface area (Å²) in [6.45, 7) is 1.41. The van der Waals surface area contributed by atoms with E-state index in [1.807, 2.05) is 12.3 Å². The number of hydrogen-bond donors (Lipinski definition) is 0. The molecule has 4 rings (SSSR count). The number of carbonyl (C=O) groups is 1. The lowest BCUT2D eigenvalue weighted by Crippen LogP contribution is -2.40. The largest absolute Gasteiger partial charge is 0.457 e. The number of sulfonamides is 1. The Bertz CT molecular complexity index is 1110. The monoisotopic (exact) mass is 427 g/mol. The molecule has 1 aliphatic rings. The fourth-order valence-electron chi connectivity index (χ4n) is 3.14. The predicted octanol–water partition coefficient (Wildman–Crippen LogP) is 2.25. The first-order valence-corrected chi connectivity index (χ1v) is 10.9. The van der Waals surface area contributed by atoms with Crippen LogP contribution >= 0.6 is 0 Å². The van der Waals surface area contributed by atoms with E-state index >= 15 is 0 Å². The van der Waals surface area contributed by atoms with Gasteiger partial charge in [-0.2, -0.15) is 9.40 Å². The molecule has 8 nitrogen and oxygen atoms in total. The SMILES string of the molecule is O=C(OCc1cccc(S(=O)(=O)N2CCOCC2)c1)c1ccc(-n2cccn2)cc1. The highest BCUT2D eigenvalue weighted by atomic mass is 32.2. The molecule has 3 aromatic rings. The van der Waals surface area contributed by atoms with Gasteiger partial charge in [-0.25, -0.2) is 17.9 Å². The predicted molar refractivity (Wildman–Crippen MR) is 109 cm³/mol. The zero-order valence-electron chi connectivity index (χ0n) is 16.2. The van der Waals surface area contributed by atoms with Crippen molar-refractivity contribution in [3.05, 3.63) is 78.1 Å². The average Bonchev–Trinajstić information content (AvgIpc) is 3.33. The number of nitrogens with zero attached hydrogens (tertiary/aromatic N) is 3. The number of hydrogen-bond acceptors (Lipinski definition) is 6. The van der Waals surface area contributed by atoms with Gasteiger partial charge in [0.2, 0.25) is 10.0 Å². The highest BCUT2D eigenvalue weighted by Crippen LogP contribution is 2.19. The van der Waals surface area contributed by atoms with E-state index in [0.29, 0.717) is 37.4 Å². The summed E-state index contributed by atoms with van der Waals surface area (Å²) >= 11 is 0. The van der Waals surface area contributed by atoms with Gasteiger partial charge in [0.1, 0.15) is 6.61 Å². The van der Waals surface area contributed by atoms with E-state index in [2.05, 4.69) is 5.10 Å². The Morgan fingerprint density at radius 3 is 2.53 bits per heavy atom. The number of morpholine rings is 1. The standard InChI is InChI=1S/C21H21N3O5S/c25-21(18-5-7-19(8-6-18)24-10-2-9-22-24)29-16-17-3-1-4-20(15-17)30(26,27)23-11-13-28-14-12-23/h1-10,15H,11-14,16H2. The smallest absolute Gasteiger partial charge is 0.338 e. The third-order valence-electron chi connectivity index (χ3n) is 4.75. The second-order valence-electron chi connectivity index (χ2n) is 6.74. The lowest BCUT2D eigenvalue weighted by molar-refractivity contribution is 0.0472. The molecule has 9 heteroatoms. The van der Waals surface area contributed by atoms with Crippen LogP contribution in [0.2, 0.25) is 0 Å². The molecule has 0 saturated carbocycles. The Balaban J connectivity index is 1.41. The molecule has 0 spiro atoms. The zero-order chi connectivity index (χ0) is 21.0. The number of ether oxygens (including phenoxy) is 2. The van der Waals surface area contributed by atoms with Gasteiger partial charge in [0.15, 0.2) is 0 Å². The zero-order valence-corrected chi connectivity index (χ0v) is 17.0. The van der Waals surface area contributed by atoms with E-state index in [9.17, 15) is 13.2 Å². The molecular weight excluding hydrogens is 406 g/mol. The van der Waals surface area contributed by atoms with Crippen LogP contribution in [0.4, 0.5) is 0 Å². The molecule has 30 heavy (non-hydrogen) atoms. The van der Waals surface area contributed by atoms with E-state index < -0.39 is 16.0 Å². The van der Waals surface area contributed by atoms with Gasteiger partial charge in [0.05, 0.1) is 29.4 Å². The van der Waals surface area contributed by atoms with Gasteiger partial charge in [0.25, 0.3) is 0 Å². The Hall–Kier alpha value is -3.01. The number of rotatable bonds is 6. The van der Waals surface area contributed by atoms with Gasteiger partial charge in [-0.3, -0.25) is 0 Å². The second-order valence-corrected chi connectivity index (χ2v) is 8.68. The Morgan fingerprint density at radius 2 is 1.83 bits per heavy atom. The van der Waals surface area contributed by atoms with Gasteiger partial charge < -0.3 is 9.47 Å². The molecule has 0 radical (unpaired) electrons. The first-order valence-electron chi connectivity index (χ1n) is 9.48. The van der Waals surface area contributed by atoms with Crippen LogP contribution in [0.3, 0.4) is 0 Å². The molecule has 1 fully saturated rings. The molecule has 0 N–H and O–H groups in total. The Morgan fingerprint density at radius 1 is 1.07 bits per heavy atom. The maximum Gasteiger partial charge on any atom is 0.338 e. The van der Waals surface area contributed by atoms with Crippen LogP contribution in [0.15, 0.2) is 71.9 Å². The topological polar surface area (TPSA) is 90.7 Å². The average molecular weight is 427 g/mol. The Labute approximate surface area is 174 Å². The molecule has 0 atom stereocenters. The summed E-state index contributed by atoms with van der Waals surface area (Å²) in [4.78, 5) is 12.5. The molecule has 1 saturated heterocycles. The van der Waals surface area contributed by atoms with E-state index in [4.69, 9.17) is 9.47 Å². The number of aromatic nitrogens is 2. The van der Waals surface area contributed by atoms with E-state index in [0.717, 1.165) is 5.69 Å². The lowest BCUT2D eigenvalue weighted by atomic mass is 10.2. The van der Waals surface area contributed by atoms with Crippen molar-refractivity contribution in [3.63, 3.8) is 0 Å². The van der Waals surface area contributed by atoms with Crippen LogP contribution in [0.5, 0.6) is 0 Å². The van der Waals surface area contributed by atoms with Crippen molar-refractivity contribution < 1.29 is 22.7 Å². The van der Waals surface area contributed by atoms with Crippen LogP contribution in [0, 0.1) is 0 Å². The van der Waals surface area contributed by atoms with Crippen molar-refractivity contribution in [2.24, 2.45) is 0 Å². The van der Waals surface area contributed by atoms with Crippen LogP contribution in [-0.2, 0) is 26.1 Å². The summed E-state index contributed by atoms with van der Waals surface area (Å²) in [5, 5.41) is 4.14. The minimum absolute atomic E-state index is 0.0216. The van der Waals surface area contributed by atoms with Crippen molar-refractivity contribution in [2.45, 2.75) is 11.5 Å². The fourth-order valence-corrected chi connectivity index (χ4v) is 4.61. The third-order valence-corrected chi connectivity index (χ3v) is 6.64. The molecule has 0 amide bonds. The van der Waals surface area contributed by atoms with Crippen molar-refractivity contribution in [2.75, 3.05) is 26.3 Å². The summed E-state index contributed by atoms with van der Waals surface area (Å²) in [5.74, 6) is -0.483. The van der Waals surface area contributed by atoms with Crippen molar-refractivity contribution in [1.82, 2.24) is 14.1 Å². The van der Waals surface area contributed by atoms with Crippen molar-refractivity contribution >= 4 is 16.0 Å². The number of benzene rings is 2. The van der Waals surface area contributed by atoms with Crippen LogP contribution in [0.25, 0.3) is 5.69 Å². The summed E-state index contributed by atoms with van der Waals surface area (Å²) in [6.07, 6.45) is 3.49. The van der Waals surface area contributed by atoms with Crippen molar-refractivity contribution in [1.29, 1.82) is 0 Å². The van der Waals surface area contributed by atoms with Gasteiger partial charge in [0, 0.05) is 25.5 Å². The normalized spacial score (nSPS) is 15.1. The van der Waals surface area contributed by atoms with Gasteiger partial charge in [-0.05, 0) is 48.0 Å². The molecule has 0 bridgehead atoms. The quantitative estimate of drug-likeness (QED) is 0.561. The first-order chi connectivity index (χ1) is 14.5. The summed E-state index contributed by atoms with van der Waals surface area (Å²) in [7, 11) is -3.60. The van der Waals surface area contributed by atoms with Gasteiger partial charge >= 0.3 is 5.97 Å². The minimum Gasteiger partial charge on any atom is -0.457 e.